The average molecular weight is 500 g/mol. The Balaban J connectivity index is 0. The number of ether oxygens (including phenoxy) is 1. The molecule has 1 atom stereocenters. The van der Waals surface area contributed by atoms with Crippen molar-refractivity contribution in [3.8, 4) is 0 Å². The van der Waals surface area contributed by atoms with E-state index in [-0.39, 0.29) is 12.3 Å². The third-order valence-corrected chi connectivity index (χ3v) is 2.14. The number of nitrogens with one attached hydrogen (secondary N) is 1. The summed E-state index contributed by atoms with van der Waals surface area (Å²) in [6, 6.07) is 0. The molecular weight excluding hydrogens is 485 g/mol. The Bertz CT molecular complexity index is 478. The number of hydrogen-bond acceptors (Lipinski definition) is 5. The Morgan fingerprint density at radius 1 is 1.42 bits per heavy atom. The number of nitrogens with zero attached hydrogens (tertiary/aromatic N) is 1. The predicted molar refractivity (Wildman–Crippen MR) is 67.3 cm³/mol. The van der Waals surface area contributed by atoms with Crippen molar-refractivity contribution in [1.29, 1.82) is 0 Å². The molecule has 2 heterocycles. The van der Waals surface area contributed by atoms with Crippen molar-refractivity contribution in [3.63, 3.8) is 0 Å². The molecule has 0 amide bonds. The zero-order valence-electron chi connectivity index (χ0n) is 9.81. The van der Waals surface area contributed by atoms with Crippen LogP contribution in [0.2, 0.25) is 0 Å². The van der Waals surface area contributed by atoms with Gasteiger partial charge in [-0.15, -0.1) is 0 Å². The van der Waals surface area contributed by atoms with Crippen LogP contribution < -0.4 is 23.6 Å². The van der Waals surface area contributed by atoms with E-state index < -0.39 is 39.8 Å². The van der Waals surface area contributed by atoms with Crippen LogP contribution in [0.4, 0.5) is 4.39 Å². The van der Waals surface area contributed by atoms with Crippen LogP contribution in [0.1, 0.15) is 19.1 Å². The third kappa shape index (κ3) is 6.16. The van der Waals surface area contributed by atoms with Gasteiger partial charge in [-0.05, 0) is 12.8 Å². The first kappa shape index (κ1) is 21.1. The van der Waals surface area contributed by atoms with Gasteiger partial charge in [0, 0.05) is 6.61 Å². The second kappa shape index (κ2) is 10.5. The Morgan fingerprint density at radius 3 is 2.47 bits per heavy atom. The Hall–Kier alpha value is -0.242. The van der Waals surface area contributed by atoms with Crippen LogP contribution in [-0.2, 0) is 21.2 Å². The summed E-state index contributed by atoms with van der Waals surface area (Å²) in [5.74, 6) is -0.972. The minimum atomic E-state index is -0.996. The first-order valence-corrected chi connectivity index (χ1v) is 10.2. The van der Waals surface area contributed by atoms with E-state index in [1.807, 2.05) is 4.98 Å². The molecule has 1 fully saturated rings. The number of hydrogen-bond donors (Lipinski definition) is 3. The van der Waals surface area contributed by atoms with Gasteiger partial charge >= 0.3 is 41.0 Å². The average Bonchev–Trinajstić information content (AvgIpc) is 2.78. The van der Waals surface area contributed by atoms with Crippen molar-refractivity contribution in [2.24, 2.45) is 0 Å². The summed E-state index contributed by atoms with van der Waals surface area (Å²) in [5, 5.41) is 0. The van der Waals surface area contributed by atoms with Crippen molar-refractivity contribution < 1.29 is 25.6 Å². The van der Waals surface area contributed by atoms with Gasteiger partial charge in [-0.3, -0.25) is 14.3 Å². The predicted octanol–water partition coefficient (Wildman–Crippen LogP) is 1.69. The molecule has 1 aliphatic rings. The fourth-order valence-electron chi connectivity index (χ4n) is 1.45. The van der Waals surface area contributed by atoms with Crippen LogP contribution in [0, 0.1) is 5.82 Å². The Kier molecular flexibility index (Phi) is 11.7. The van der Waals surface area contributed by atoms with E-state index in [4.69, 9.17) is 23.6 Å². The number of H-pyrrole nitrogens is 1. The van der Waals surface area contributed by atoms with E-state index in [0.717, 1.165) is 17.2 Å². The third-order valence-electron chi connectivity index (χ3n) is 2.14. The molecule has 2 rings (SSSR count). The van der Waals surface area contributed by atoms with Crippen molar-refractivity contribution >= 4 is 18.8 Å². The van der Waals surface area contributed by atoms with Gasteiger partial charge in [0.25, 0.3) is 5.56 Å². The topological polar surface area (TPSA) is 134 Å². The maximum absolute atomic E-state index is 12.9. The number of aromatic amines is 1. The zero-order chi connectivity index (χ0) is 12.8. The quantitative estimate of drug-likeness (QED) is 0.540. The maximum atomic E-state index is 12.9. The van der Waals surface area contributed by atoms with E-state index in [1.54, 1.807) is 0 Å². The molecule has 7 nitrogen and oxygen atoms in total. The summed E-state index contributed by atoms with van der Waals surface area (Å²) in [6.07, 6.45) is 1.93. The van der Waals surface area contributed by atoms with Crippen LogP contribution in [0.5, 0.6) is 0 Å². The molecule has 0 aromatic carbocycles. The van der Waals surface area contributed by atoms with E-state index in [2.05, 4.69) is 0 Å². The number of aromatic nitrogens is 2. The van der Waals surface area contributed by atoms with E-state index in [0.29, 0.717) is 13.0 Å². The molecule has 1 saturated heterocycles. The Morgan fingerprint density at radius 2 is 2.00 bits per heavy atom. The van der Waals surface area contributed by atoms with E-state index in [1.165, 1.54) is 0 Å². The zero-order valence-corrected chi connectivity index (χ0v) is 13.6. The van der Waals surface area contributed by atoms with Gasteiger partial charge in [-0.25, -0.2) is 4.79 Å². The summed E-state index contributed by atoms with van der Waals surface area (Å²) in [7, 11) is 9.75. The van der Waals surface area contributed by atoms with E-state index in [9.17, 15) is 14.0 Å². The molecule has 0 saturated carbocycles. The molecule has 11 heteroatoms. The van der Waals surface area contributed by atoms with Crippen molar-refractivity contribution in [1.82, 2.24) is 21.9 Å². The molecule has 1 aromatic heterocycles. The standard InChI is InChI=1S/C8H9FN2O3.2ClH.2H3N.Pt/c9-5-4-11(6-2-1-3-14-6)8(13)10-7(5)12;;;;;/h4,6H,1-3H2,(H,10,12,13);2*1H;2*1H3;/q;;;;;+2/p-2. The van der Waals surface area contributed by atoms with Crippen molar-refractivity contribution in [2.75, 3.05) is 6.61 Å². The Labute approximate surface area is 125 Å². The van der Waals surface area contributed by atoms with Crippen LogP contribution in [0.3, 0.4) is 0 Å². The van der Waals surface area contributed by atoms with Gasteiger partial charge in [0.2, 0.25) is 5.82 Å². The first-order chi connectivity index (χ1) is 8.10. The summed E-state index contributed by atoms with van der Waals surface area (Å²) >= 11 is -0.472. The van der Waals surface area contributed by atoms with Crippen LogP contribution in [0.15, 0.2) is 15.8 Å². The molecule has 1 aliphatic heterocycles. The van der Waals surface area contributed by atoms with Crippen LogP contribution in [0.25, 0.3) is 0 Å². The molecule has 0 aliphatic carbocycles. The molecule has 1 unspecified atom stereocenters. The summed E-state index contributed by atoms with van der Waals surface area (Å²) in [6.45, 7) is 0.553. The van der Waals surface area contributed by atoms with Gasteiger partial charge in [-0.2, -0.15) is 4.39 Å². The molecule has 19 heavy (non-hydrogen) atoms. The fraction of sp³-hybridized carbons (Fsp3) is 0.500. The second-order valence-electron chi connectivity index (χ2n) is 3.16. The van der Waals surface area contributed by atoms with Crippen molar-refractivity contribution in [3.05, 3.63) is 32.9 Å². The molecule has 0 radical (unpaired) electrons. The second-order valence-corrected chi connectivity index (χ2v) is 6.44. The fourth-order valence-corrected chi connectivity index (χ4v) is 1.45. The molecular formula is C8H15Cl2FN4O3Pt. The van der Waals surface area contributed by atoms with Gasteiger partial charge < -0.3 is 17.0 Å². The normalized spacial score (nSPS) is 16.9. The SMILES string of the molecule is N.N.O=c1[nH]c(=O)n(C2CCCO2)cc1F.[Cl][Pt][Cl]. The molecule has 1 aromatic rings. The van der Waals surface area contributed by atoms with Gasteiger partial charge in [-0.1, -0.05) is 0 Å². The summed E-state index contributed by atoms with van der Waals surface area (Å²) in [5.41, 5.74) is -1.63. The van der Waals surface area contributed by atoms with Crippen LogP contribution in [-0.4, -0.2) is 16.2 Å². The van der Waals surface area contributed by atoms with Crippen LogP contribution >= 0.6 is 18.8 Å². The van der Waals surface area contributed by atoms with E-state index >= 15 is 0 Å². The molecule has 0 spiro atoms. The minimum absolute atomic E-state index is 0. The monoisotopic (exact) mass is 499 g/mol. The number of rotatable bonds is 1. The van der Waals surface area contributed by atoms with Gasteiger partial charge in [0.05, 0.1) is 6.20 Å². The molecule has 7 N–H and O–H groups in total. The number of halogens is 3. The molecule has 116 valence electrons. The van der Waals surface area contributed by atoms with Gasteiger partial charge in [0.1, 0.15) is 6.23 Å². The van der Waals surface area contributed by atoms with Crippen molar-refractivity contribution in [2.45, 2.75) is 19.1 Å². The summed E-state index contributed by atoms with van der Waals surface area (Å²) < 4.78 is 19.1. The van der Waals surface area contributed by atoms with Gasteiger partial charge in [0.15, 0.2) is 0 Å². The first-order valence-electron chi connectivity index (χ1n) is 4.55. The molecule has 0 bridgehead atoms. The summed E-state index contributed by atoms with van der Waals surface area (Å²) in [4.78, 5) is 23.8.